The molecular weight excluding hydrogens is 210 g/mol. The van der Waals surface area contributed by atoms with Gasteiger partial charge in [-0.2, -0.15) is 8.78 Å². The number of hydrogen-bond acceptors (Lipinski definition) is 4. The van der Waals surface area contributed by atoms with Crippen LogP contribution in [0.25, 0.3) is 0 Å². The number of benzene rings is 1. The fourth-order valence-corrected chi connectivity index (χ4v) is 1.00. The number of aromatic hydroxyl groups is 1. The van der Waals surface area contributed by atoms with E-state index < -0.39 is 12.4 Å². The fourth-order valence-electron chi connectivity index (χ4n) is 1.00. The Hall–Kier alpha value is -1.98. The van der Waals surface area contributed by atoms with Crippen molar-refractivity contribution in [3.63, 3.8) is 0 Å². The van der Waals surface area contributed by atoms with Gasteiger partial charge in [0.05, 0.1) is 11.1 Å². The molecule has 0 radical (unpaired) electrons. The van der Waals surface area contributed by atoms with E-state index >= 15 is 0 Å². The van der Waals surface area contributed by atoms with E-state index in [-0.39, 0.29) is 29.4 Å². The van der Waals surface area contributed by atoms with E-state index in [1.165, 1.54) is 0 Å². The van der Waals surface area contributed by atoms with Crippen molar-refractivity contribution in [2.24, 2.45) is 0 Å². The molecule has 0 aliphatic carbocycles. The van der Waals surface area contributed by atoms with E-state index in [1.807, 2.05) is 0 Å². The Morgan fingerprint density at radius 1 is 1.20 bits per heavy atom. The lowest BCUT2D eigenvalue weighted by molar-refractivity contribution is -0.0499. The number of alkyl halides is 2. The average molecular weight is 216 g/mol. The van der Waals surface area contributed by atoms with Crippen LogP contribution in [0.4, 0.5) is 8.78 Å². The molecule has 0 spiro atoms. The number of carbonyl (C=O) groups excluding carboxylic acids is 2. The van der Waals surface area contributed by atoms with Gasteiger partial charge in [-0.05, 0) is 12.1 Å². The third kappa shape index (κ3) is 2.49. The second-order valence-corrected chi connectivity index (χ2v) is 2.56. The maximum absolute atomic E-state index is 11.8. The molecule has 1 aromatic carbocycles. The van der Waals surface area contributed by atoms with Crippen molar-refractivity contribution in [1.82, 2.24) is 0 Å². The summed E-state index contributed by atoms with van der Waals surface area (Å²) in [6, 6.07) is 1.84. The SMILES string of the molecule is O=Cc1cc(OC(F)F)cc(C=O)c1O. The highest BCUT2D eigenvalue weighted by Crippen LogP contribution is 2.26. The third-order valence-electron chi connectivity index (χ3n) is 1.62. The number of rotatable bonds is 4. The molecule has 0 bridgehead atoms. The van der Waals surface area contributed by atoms with Crippen LogP contribution in [0.1, 0.15) is 20.7 Å². The molecule has 0 unspecified atom stereocenters. The minimum Gasteiger partial charge on any atom is -0.506 e. The van der Waals surface area contributed by atoms with Gasteiger partial charge in [0.15, 0.2) is 12.6 Å². The van der Waals surface area contributed by atoms with Crippen molar-refractivity contribution in [2.75, 3.05) is 0 Å². The van der Waals surface area contributed by atoms with Gasteiger partial charge >= 0.3 is 6.61 Å². The van der Waals surface area contributed by atoms with E-state index in [2.05, 4.69) is 4.74 Å². The molecule has 4 nitrogen and oxygen atoms in total. The number of hydrogen-bond donors (Lipinski definition) is 1. The quantitative estimate of drug-likeness (QED) is 0.776. The molecule has 0 aliphatic rings. The van der Waals surface area contributed by atoms with E-state index in [0.29, 0.717) is 0 Å². The monoisotopic (exact) mass is 216 g/mol. The summed E-state index contributed by atoms with van der Waals surface area (Å²) in [6.07, 6.45) is 0.474. The molecular formula is C9H6F2O4. The molecule has 1 rings (SSSR count). The second-order valence-electron chi connectivity index (χ2n) is 2.56. The standard InChI is InChI=1S/C9H6F2O4/c10-9(11)15-7-1-5(3-12)8(14)6(2-7)4-13/h1-4,9,14H. The number of ether oxygens (including phenoxy) is 1. The van der Waals surface area contributed by atoms with Crippen LogP contribution in [0.2, 0.25) is 0 Å². The van der Waals surface area contributed by atoms with Crippen molar-refractivity contribution in [3.05, 3.63) is 23.3 Å². The topological polar surface area (TPSA) is 63.6 Å². The van der Waals surface area contributed by atoms with Crippen LogP contribution in [0, 0.1) is 0 Å². The lowest BCUT2D eigenvalue weighted by atomic mass is 10.1. The molecule has 0 saturated heterocycles. The molecule has 0 amide bonds. The minimum atomic E-state index is -3.06. The van der Waals surface area contributed by atoms with Crippen molar-refractivity contribution in [2.45, 2.75) is 6.61 Å². The molecule has 0 aromatic heterocycles. The van der Waals surface area contributed by atoms with Crippen molar-refractivity contribution in [1.29, 1.82) is 0 Å². The zero-order chi connectivity index (χ0) is 11.4. The molecule has 1 aromatic rings. The fraction of sp³-hybridized carbons (Fsp3) is 0.111. The summed E-state index contributed by atoms with van der Waals surface area (Å²) in [5, 5.41) is 9.24. The van der Waals surface area contributed by atoms with Crippen LogP contribution in [0.3, 0.4) is 0 Å². The minimum absolute atomic E-state index is 0.237. The van der Waals surface area contributed by atoms with Crippen molar-refractivity contribution in [3.8, 4) is 11.5 Å². The first kappa shape index (κ1) is 11.1. The Labute approximate surface area is 83.1 Å². The van der Waals surface area contributed by atoms with Crippen LogP contribution in [-0.2, 0) is 0 Å². The average Bonchev–Trinajstić information content (AvgIpc) is 2.19. The van der Waals surface area contributed by atoms with Gasteiger partial charge in [0, 0.05) is 0 Å². The summed E-state index contributed by atoms with van der Waals surface area (Å²) in [5.74, 6) is -0.909. The predicted octanol–water partition coefficient (Wildman–Crippen LogP) is 1.62. The van der Waals surface area contributed by atoms with Gasteiger partial charge in [0.25, 0.3) is 0 Å². The second kappa shape index (κ2) is 4.50. The smallest absolute Gasteiger partial charge is 0.387 e. The third-order valence-corrected chi connectivity index (χ3v) is 1.62. The van der Waals surface area contributed by atoms with Crippen LogP contribution in [0.5, 0.6) is 11.5 Å². The first-order valence-electron chi connectivity index (χ1n) is 3.80. The van der Waals surface area contributed by atoms with Crippen LogP contribution < -0.4 is 4.74 Å². The highest BCUT2D eigenvalue weighted by Gasteiger charge is 2.12. The molecule has 80 valence electrons. The number of carbonyl (C=O) groups is 2. The highest BCUT2D eigenvalue weighted by atomic mass is 19.3. The van der Waals surface area contributed by atoms with Gasteiger partial charge in [0.2, 0.25) is 0 Å². The predicted molar refractivity (Wildman–Crippen MR) is 45.5 cm³/mol. The van der Waals surface area contributed by atoms with Gasteiger partial charge in [-0.15, -0.1) is 0 Å². The Morgan fingerprint density at radius 3 is 2.00 bits per heavy atom. The van der Waals surface area contributed by atoms with Crippen molar-refractivity contribution < 1.29 is 28.2 Å². The number of aldehydes is 2. The van der Waals surface area contributed by atoms with Crippen LogP contribution in [0.15, 0.2) is 12.1 Å². The zero-order valence-electron chi connectivity index (χ0n) is 7.31. The summed E-state index contributed by atoms with van der Waals surface area (Å²) in [7, 11) is 0. The van der Waals surface area contributed by atoms with Crippen molar-refractivity contribution >= 4 is 12.6 Å². The van der Waals surface area contributed by atoms with Gasteiger partial charge in [-0.1, -0.05) is 0 Å². The molecule has 6 heteroatoms. The zero-order valence-corrected chi connectivity index (χ0v) is 7.31. The van der Waals surface area contributed by atoms with E-state index in [1.54, 1.807) is 0 Å². The Bertz CT molecular complexity index is 361. The van der Waals surface area contributed by atoms with Crippen LogP contribution in [-0.4, -0.2) is 24.3 Å². The summed E-state index contributed by atoms with van der Waals surface area (Å²) >= 11 is 0. The van der Waals surface area contributed by atoms with Gasteiger partial charge in [-0.25, -0.2) is 0 Å². The molecule has 15 heavy (non-hydrogen) atoms. The largest absolute Gasteiger partial charge is 0.506 e. The molecule has 1 N–H and O–H groups in total. The summed E-state index contributed by atoms with van der Waals surface area (Å²) < 4.78 is 27.7. The summed E-state index contributed by atoms with van der Waals surface area (Å²) in [5.41, 5.74) is -0.564. The normalized spacial score (nSPS) is 10.1. The Kier molecular flexibility index (Phi) is 3.33. The van der Waals surface area contributed by atoms with E-state index in [9.17, 15) is 23.5 Å². The molecule has 0 aliphatic heterocycles. The lowest BCUT2D eigenvalue weighted by Gasteiger charge is -2.07. The van der Waals surface area contributed by atoms with Gasteiger partial charge in [-0.3, -0.25) is 9.59 Å². The molecule has 0 fully saturated rings. The van der Waals surface area contributed by atoms with Gasteiger partial charge < -0.3 is 9.84 Å². The van der Waals surface area contributed by atoms with E-state index in [0.717, 1.165) is 12.1 Å². The maximum Gasteiger partial charge on any atom is 0.387 e. The summed E-state index contributed by atoms with van der Waals surface area (Å²) in [4.78, 5) is 20.8. The Morgan fingerprint density at radius 2 is 1.67 bits per heavy atom. The van der Waals surface area contributed by atoms with E-state index in [4.69, 9.17) is 0 Å². The number of phenols is 1. The maximum atomic E-state index is 11.8. The molecule has 0 atom stereocenters. The molecule has 0 saturated carbocycles. The number of halogens is 2. The van der Waals surface area contributed by atoms with Gasteiger partial charge in [0.1, 0.15) is 11.5 Å². The lowest BCUT2D eigenvalue weighted by Crippen LogP contribution is -2.03. The highest BCUT2D eigenvalue weighted by molar-refractivity contribution is 5.89. The first-order chi connectivity index (χ1) is 7.08. The van der Waals surface area contributed by atoms with Crippen LogP contribution >= 0.6 is 0 Å². The summed E-state index contributed by atoms with van der Waals surface area (Å²) in [6.45, 7) is -3.06. The number of phenolic OH excluding ortho intramolecular Hbond substituents is 1. The first-order valence-corrected chi connectivity index (χ1v) is 3.80. The Balaban J connectivity index is 3.20. The molecule has 0 heterocycles.